The second-order valence-electron chi connectivity index (χ2n) is 13.5. The van der Waals surface area contributed by atoms with E-state index in [0.29, 0.717) is 19.4 Å². The van der Waals surface area contributed by atoms with E-state index in [2.05, 4.69) is 0 Å². The second-order valence-corrected chi connectivity index (χ2v) is 15.1. The van der Waals surface area contributed by atoms with Gasteiger partial charge in [-0.1, -0.05) is 24.6 Å². The summed E-state index contributed by atoms with van der Waals surface area (Å²) in [5, 5.41) is 9.12. The van der Waals surface area contributed by atoms with Crippen LogP contribution in [0.15, 0.2) is 29.2 Å². The molecule has 0 aromatic heterocycles. The average Bonchev–Trinajstić information content (AvgIpc) is 3.87. The number of benzene rings is 1. The fourth-order valence-electron chi connectivity index (χ4n) is 5.48. The zero-order valence-corrected chi connectivity index (χ0v) is 30.0. The van der Waals surface area contributed by atoms with E-state index in [0.717, 1.165) is 5.56 Å². The van der Waals surface area contributed by atoms with Crippen molar-refractivity contribution in [2.45, 2.75) is 91.1 Å². The molecule has 1 fully saturated rings. The third-order valence-corrected chi connectivity index (χ3v) is 9.85. The molecule has 1 aromatic carbocycles. The molecule has 0 aliphatic carbocycles. The summed E-state index contributed by atoms with van der Waals surface area (Å²) in [6.07, 6.45) is 0.676. The molecule has 1 saturated heterocycles. The molecule has 4 unspecified atom stereocenters. The van der Waals surface area contributed by atoms with Crippen LogP contribution in [0.25, 0.3) is 0 Å². The molecular formula is C34H52O13S. The lowest BCUT2D eigenvalue weighted by Crippen LogP contribution is -2.43. The van der Waals surface area contributed by atoms with Gasteiger partial charge >= 0.3 is 23.9 Å². The molecule has 1 heterocycles. The van der Waals surface area contributed by atoms with Gasteiger partial charge in [-0.25, -0.2) is 0 Å². The molecule has 1 N–H and O–H groups in total. The van der Waals surface area contributed by atoms with Gasteiger partial charge in [0.1, 0.15) is 25.9 Å². The quantitative estimate of drug-likeness (QED) is 0.0605. The summed E-state index contributed by atoms with van der Waals surface area (Å²) in [7, 11) is -2.85. The molecule has 0 spiro atoms. The van der Waals surface area contributed by atoms with Crippen molar-refractivity contribution in [3.8, 4) is 0 Å². The molecule has 1 aliphatic rings. The van der Waals surface area contributed by atoms with E-state index in [-0.39, 0.29) is 63.1 Å². The number of hydrogen-bond acceptors (Lipinski definition) is 13. The van der Waals surface area contributed by atoms with Crippen LogP contribution in [0.5, 0.6) is 0 Å². The summed E-state index contributed by atoms with van der Waals surface area (Å²) in [4.78, 5) is 53.2. The molecule has 1 aliphatic heterocycles. The van der Waals surface area contributed by atoms with Crippen molar-refractivity contribution < 1.29 is 60.6 Å². The zero-order valence-electron chi connectivity index (χ0n) is 29.2. The van der Waals surface area contributed by atoms with Gasteiger partial charge in [-0.05, 0) is 85.3 Å². The highest BCUT2D eigenvalue weighted by Crippen LogP contribution is 2.44. The summed E-state index contributed by atoms with van der Waals surface area (Å²) in [6, 6.07) is 6.12. The highest BCUT2D eigenvalue weighted by atomic mass is 32.2. The SMILES string of the molecule is CCC(C)(CC(CC(C)(CC(C)(C)C(=O)OCC1CO1)C(=O)OC)C(=O)OCCCCO)C(=O)OCCOS(=O)(=O)c1ccc(C)cc1. The minimum absolute atomic E-state index is 0.0198. The van der Waals surface area contributed by atoms with Crippen molar-refractivity contribution in [2.24, 2.45) is 22.2 Å². The molecule has 272 valence electrons. The first-order valence-electron chi connectivity index (χ1n) is 16.2. The van der Waals surface area contributed by atoms with Crippen LogP contribution in [0.3, 0.4) is 0 Å². The minimum atomic E-state index is -4.07. The smallest absolute Gasteiger partial charge is 0.311 e. The van der Waals surface area contributed by atoms with Gasteiger partial charge in [-0.3, -0.25) is 23.4 Å². The van der Waals surface area contributed by atoms with E-state index in [1.54, 1.807) is 46.8 Å². The highest BCUT2D eigenvalue weighted by Gasteiger charge is 2.48. The van der Waals surface area contributed by atoms with Gasteiger partial charge in [0.05, 0.1) is 47.4 Å². The fraction of sp³-hybridized carbons (Fsp3) is 0.706. The number of aryl methyl sites for hydroxylation is 1. The van der Waals surface area contributed by atoms with Gasteiger partial charge in [0.15, 0.2) is 0 Å². The van der Waals surface area contributed by atoms with Crippen LogP contribution in [-0.2, 0) is 57.2 Å². The van der Waals surface area contributed by atoms with Crippen molar-refractivity contribution >= 4 is 34.0 Å². The Morgan fingerprint density at radius 3 is 2.08 bits per heavy atom. The number of carbonyl (C=O) groups is 4. The standard InChI is InChI=1S/C34H52O13S/c1-8-33(5,31(39)44-17-18-47-48(40,41)27-13-11-24(2)12-14-27)19-25(28(36)43-16-10-9-15-35)20-34(6,30(38)42-7)23-32(3,4)29(37)46-22-26-21-45-26/h11-14,25-26,35H,8-10,15-23H2,1-7H3. The maximum absolute atomic E-state index is 13.5. The fourth-order valence-corrected chi connectivity index (χ4v) is 6.37. The van der Waals surface area contributed by atoms with Crippen molar-refractivity contribution in [3.05, 3.63) is 29.8 Å². The molecule has 0 bridgehead atoms. The molecule has 14 heteroatoms. The van der Waals surface area contributed by atoms with Crippen molar-refractivity contribution in [3.63, 3.8) is 0 Å². The van der Waals surface area contributed by atoms with E-state index in [1.165, 1.54) is 19.2 Å². The van der Waals surface area contributed by atoms with Crippen LogP contribution < -0.4 is 0 Å². The predicted molar refractivity (Wildman–Crippen MR) is 173 cm³/mol. The Hall–Kier alpha value is -3.07. The molecule has 2 rings (SSSR count). The third kappa shape index (κ3) is 12.4. The van der Waals surface area contributed by atoms with Crippen LogP contribution in [0, 0.1) is 29.1 Å². The van der Waals surface area contributed by atoms with Gasteiger partial charge in [0, 0.05) is 6.61 Å². The molecule has 48 heavy (non-hydrogen) atoms. The van der Waals surface area contributed by atoms with Crippen LogP contribution in [0.1, 0.15) is 78.7 Å². The monoisotopic (exact) mass is 700 g/mol. The van der Waals surface area contributed by atoms with Gasteiger partial charge < -0.3 is 28.8 Å². The predicted octanol–water partition coefficient (Wildman–Crippen LogP) is 3.91. The van der Waals surface area contributed by atoms with E-state index in [4.69, 9.17) is 33.0 Å². The third-order valence-electron chi connectivity index (χ3n) is 8.53. The van der Waals surface area contributed by atoms with Crippen molar-refractivity contribution in [1.29, 1.82) is 0 Å². The Morgan fingerprint density at radius 2 is 1.52 bits per heavy atom. The molecular weight excluding hydrogens is 648 g/mol. The Labute approximate surface area is 284 Å². The van der Waals surface area contributed by atoms with E-state index < -0.39 is 62.8 Å². The molecule has 0 amide bonds. The summed E-state index contributed by atoms with van der Waals surface area (Å²) in [5.41, 5.74) is -2.90. The largest absolute Gasteiger partial charge is 0.469 e. The Morgan fingerprint density at radius 1 is 0.896 bits per heavy atom. The lowest BCUT2D eigenvalue weighted by atomic mass is 9.67. The van der Waals surface area contributed by atoms with Crippen LogP contribution in [0.2, 0.25) is 0 Å². The van der Waals surface area contributed by atoms with Crippen molar-refractivity contribution in [1.82, 2.24) is 0 Å². The number of aliphatic hydroxyl groups excluding tert-OH is 1. The lowest BCUT2D eigenvalue weighted by Gasteiger charge is -2.37. The Kier molecular flexibility index (Phi) is 15.5. The molecule has 4 atom stereocenters. The van der Waals surface area contributed by atoms with E-state index >= 15 is 0 Å². The van der Waals surface area contributed by atoms with Crippen LogP contribution >= 0.6 is 0 Å². The summed E-state index contributed by atoms with van der Waals surface area (Å²) >= 11 is 0. The normalized spacial score (nSPS) is 17.7. The number of epoxide rings is 1. The maximum atomic E-state index is 13.5. The number of esters is 4. The van der Waals surface area contributed by atoms with Gasteiger partial charge in [0.25, 0.3) is 10.1 Å². The summed E-state index contributed by atoms with van der Waals surface area (Å²) in [6.45, 7) is 9.82. The first-order valence-corrected chi connectivity index (χ1v) is 17.6. The highest BCUT2D eigenvalue weighted by molar-refractivity contribution is 7.86. The molecule has 1 aromatic rings. The Bertz CT molecular complexity index is 1340. The lowest BCUT2D eigenvalue weighted by molar-refractivity contribution is -0.165. The minimum Gasteiger partial charge on any atom is -0.469 e. The van der Waals surface area contributed by atoms with Gasteiger partial charge in [-0.2, -0.15) is 8.42 Å². The zero-order chi connectivity index (χ0) is 36.2. The summed E-state index contributed by atoms with van der Waals surface area (Å²) < 4.78 is 56.7. The number of hydrogen-bond donors (Lipinski definition) is 1. The van der Waals surface area contributed by atoms with E-state index in [1.807, 2.05) is 6.92 Å². The molecule has 13 nitrogen and oxygen atoms in total. The Balaban J connectivity index is 2.22. The second kappa shape index (κ2) is 18.1. The molecule has 0 radical (unpaired) electrons. The van der Waals surface area contributed by atoms with Crippen LogP contribution in [-0.4, -0.2) is 90.3 Å². The first kappa shape index (κ1) is 41.1. The number of methoxy groups -OCH3 is 1. The van der Waals surface area contributed by atoms with Gasteiger partial charge in [0.2, 0.25) is 0 Å². The maximum Gasteiger partial charge on any atom is 0.311 e. The van der Waals surface area contributed by atoms with Crippen molar-refractivity contribution in [2.75, 3.05) is 46.8 Å². The average molecular weight is 701 g/mol. The number of carbonyl (C=O) groups excluding carboxylic acids is 4. The number of aliphatic hydroxyl groups is 1. The summed E-state index contributed by atoms with van der Waals surface area (Å²) in [5.74, 6) is -3.55. The van der Waals surface area contributed by atoms with Crippen LogP contribution in [0.4, 0.5) is 0 Å². The molecule has 0 saturated carbocycles. The number of unbranched alkanes of at least 4 members (excludes halogenated alkanes) is 1. The number of rotatable bonds is 22. The number of ether oxygens (including phenoxy) is 5. The first-order chi connectivity index (χ1) is 22.4. The van der Waals surface area contributed by atoms with Gasteiger partial charge in [-0.15, -0.1) is 0 Å². The van der Waals surface area contributed by atoms with E-state index in [9.17, 15) is 27.6 Å². The topological polar surface area (TPSA) is 181 Å².